The number of nitrogens with one attached hydrogen (secondary N) is 1. The third kappa shape index (κ3) is 2.67. The molecule has 1 N–H and O–H groups in total. The predicted molar refractivity (Wildman–Crippen MR) is 42.1 cm³/mol. The molecule has 0 saturated carbocycles. The summed E-state index contributed by atoms with van der Waals surface area (Å²) in [5.41, 5.74) is 0. The van der Waals surface area contributed by atoms with Crippen LogP contribution in [0.4, 0.5) is 0 Å². The molecule has 0 aromatic heterocycles. The highest BCUT2D eigenvalue weighted by atomic mass is 16.5. The lowest BCUT2D eigenvalue weighted by molar-refractivity contribution is 0.120. The molecule has 0 bridgehead atoms. The van der Waals surface area contributed by atoms with E-state index in [1.165, 1.54) is 12.8 Å². The average Bonchev–Trinajstić information content (AvgIpc) is 2.17. The maximum Gasteiger partial charge on any atom is 0.0591 e. The van der Waals surface area contributed by atoms with Crippen molar-refractivity contribution in [3.05, 3.63) is 0 Å². The maximum absolute atomic E-state index is 5.40. The summed E-state index contributed by atoms with van der Waals surface area (Å²) in [5.74, 6) is 0.757. The normalized spacial score (nSPS) is 27.9. The predicted octanol–water partition coefficient (Wildman–Crippen LogP) is 1.02. The minimum absolute atomic E-state index is 0.757. The molecular formula is C8H17NO. The fourth-order valence-electron chi connectivity index (χ4n) is 1.35. The largest absolute Gasteiger partial charge is 0.380 e. The van der Waals surface area contributed by atoms with Crippen LogP contribution in [0.25, 0.3) is 0 Å². The van der Waals surface area contributed by atoms with Crippen LogP contribution in [0, 0.1) is 5.92 Å². The van der Waals surface area contributed by atoms with Crippen molar-refractivity contribution in [1.82, 2.24) is 5.32 Å². The van der Waals surface area contributed by atoms with Crippen molar-refractivity contribution in [3.63, 3.8) is 0 Å². The minimum atomic E-state index is 0.757. The lowest BCUT2D eigenvalue weighted by atomic mass is 10.1. The second kappa shape index (κ2) is 4.69. The van der Waals surface area contributed by atoms with Crippen molar-refractivity contribution in [2.45, 2.75) is 19.8 Å². The fourth-order valence-corrected chi connectivity index (χ4v) is 1.35. The van der Waals surface area contributed by atoms with Gasteiger partial charge in [0.15, 0.2) is 0 Å². The monoisotopic (exact) mass is 143 g/mol. The van der Waals surface area contributed by atoms with E-state index in [2.05, 4.69) is 12.2 Å². The second-order valence-corrected chi connectivity index (χ2v) is 2.93. The van der Waals surface area contributed by atoms with Crippen LogP contribution in [0.5, 0.6) is 0 Å². The average molecular weight is 143 g/mol. The van der Waals surface area contributed by atoms with Crippen molar-refractivity contribution >= 4 is 0 Å². The van der Waals surface area contributed by atoms with E-state index in [1.54, 1.807) is 0 Å². The third-order valence-electron chi connectivity index (χ3n) is 1.91. The highest BCUT2D eigenvalue weighted by Crippen LogP contribution is 2.06. The number of ether oxygens (including phenoxy) is 1. The first kappa shape index (κ1) is 8.02. The smallest absolute Gasteiger partial charge is 0.0591 e. The Balaban J connectivity index is 2.15. The molecule has 1 saturated heterocycles. The Bertz CT molecular complexity index is 77.3. The van der Waals surface area contributed by atoms with Crippen molar-refractivity contribution in [1.29, 1.82) is 0 Å². The molecule has 0 aromatic carbocycles. The Morgan fingerprint density at radius 3 is 3.30 bits per heavy atom. The Hall–Kier alpha value is -0.0800. The Kier molecular flexibility index (Phi) is 3.76. The molecule has 60 valence electrons. The molecule has 0 spiro atoms. The molecule has 1 aliphatic heterocycles. The minimum Gasteiger partial charge on any atom is -0.380 e. The van der Waals surface area contributed by atoms with Crippen LogP contribution >= 0.6 is 0 Å². The van der Waals surface area contributed by atoms with Crippen molar-refractivity contribution in [2.75, 3.05) is 26.3 Å². The lowest BCUT2D eigenvalue weighted by Gasteiger charge is -2.10. The molecule has 0 aromatic rings. The molecule has 1 aliphatic rings. The number of hydrogen-bond acceptors (Lipinski definition) is 2. The zero-order valence-electron chi connectivity index (χ0n) is 6.73. The van der Waals surface area contributed by atoms with E-state index in [4.69, 9.17) is 4.74 Å². The van der Waals surface area contributed by atoms with Crippen LogP contribution in [0.1, 0.15) is 19.8 Å². The van der Waals surface area contributed by atoms with Gasteiger partial charge in [-0.15, -0.1) is 0 Å². The van der Waals surface area contributed by atoms with Gasteiger partial charge in [-0.3, -0.25) is 0 Å². The summed E-state index contributed by atoms with van der Waals surface area (Å²) in [5, 5.41) is 3.36. The van der Waals surface area contributed by atoms with Gasteiger partial charge < -0.3 is 10.1 Å². The van der Waals surface area contributed by atoms with Gasteiger partial charge in [0.05, 0.1) is 13.2 Å². The standard InChI is InChI=1S/C8H17NO/c1-2-3-8-6-9-4-5-10-7-8/h8-9H,2-7H2,1H3. The fraction of sp³-hybridized carbons (Fsp3) is 1.00. The van der Waals surface area contributed by atoms with E-state index in [9.17, 15) is 0 Å². The van der Waals surface area contributed by atoms with Gasteiger partial charge in [-0.1, -0.05) is 13.3 Å². The summed E-state index contributed by atoms with van der Waals surface area (Å²) in [6.07, 6.45) is 2.57. The van der Waals surface area contributed by atoms with Crippen LogP contribution in [0.15, 0.2) is 0 Å². The van der Waals surface area contributed by atoms with Crippen molar-refractivity contribution in [3.8, 4) is 0 Å². The van der Waals surface area contributed by atoms with Crippen LogP contribution in [-0.2, 0) is 4.74 Å². The summed E-state index contributed by atoms with van der Waals surface area (Å²) in [6, 6.07) is 0. The molecule has 1 heterocycles. The molecular weight excluding hydrogens is 126 g/mol. The summed E-state index contributed by atoms with van der Waals surface area (Å²) in [7, 11) is 0. The van der Waals surface area contributed by atoms with E-state index in [1.807, 2.05) is 0 Å². The molecule has 0 radical (unpaired) electrons. The van der Waals surface area contributed by atoms with Crippen LogP contribution < -0.4 is 5.32 Å². The highest BCUT2D eigenvalue weighted by molar-refractivity contribution is 4.64. The van der Waals surface area contributed by atoms with E-state index >= 15 is 0 Å². The number of rotatable bonds is 2. The van der Waals surface area contributed by atoms with Crippen molar-refractivity contribution < 1.29 is 4.74 Å². The summed E-state index contributed by atoms with van der Waals surface area (Å²) >= 11 is 0. The number of hydrogen-bond donors (Lipinski definition) is 1. The molecule has 1 atom stereocenters. The quantitative estimate of drug-likeness (QED) is 0.623. The zero-order valence-corrected chi connectivity index (χ0v) is 6.73. The Labute approximate surface area is 63.0 Å². The topological polar surface area (TPSA) is 21.3 Å². The van der Waals surface area contributed by atoms with Crippen molar-refractivity contribution in [2.24, 2.45) is 5.92 Å². The molecule has 0 aliphatic carbocycles. The third-order valence-corrected chi connectivity index (χ3v) is 1.91. The molecule has 1 unspecified atom stereocenters. The molecule has 0 amide bonds. The highest BCUT2D eigenvalue weighted by Gasteiger charge is 2.09. The van der Waals surface area contributed by atoms with Crippen LogP contribution in [-0.4, -0.2) is 26.3 Å². The van der Waals surface area contributed by atoms with E-state index in [-0.39, 0.29) is 0 Å². The zero-order chi connectivity index (χ0) is 7.23. The van der Waals surface area contributed by atoms with Gasteiger partial charge in [0.1, 0.15) is 0 Å². The maximum atomic E-state index is 5.40. The molecule has 1 rings (SSSR count). The molecule has 10 heavy (non-hydrogen) atoms. The van der Waals surface area contributed by atoms with E-state index < -0.39 is 0 Å². The first-order valence-corrected chi connectivity index (χ1v) is 4.22. The van der Waals surface area contributed by atoms with Crippen LogP contribution in [0.3, 0.4) is 0 Å². The van der Waals surface area contributed by atoms with Gasteiger partial charge in [0.25, 0.3) is 0 Å². The molecule has 2 heteroatoms. The lowest BCUT2D eigenvalue weighted by Crippen LogP contribution is -2.22. The van der Waals surface area contributed by atoms with Gasteiger partial charge in [-0.05, 0) is 12.3 Å². The van der Waals surface area contributed by atoms with Gasteiger partial charge in [0.2, 0.25) is 0 Å². The Morgan fingerprint density at radius 2 is 2.50 bits per heavy atom. The van der Waals surface area contributed by atoms with E-state index in [0.29, 0.717) is 0 Å². The van der Waals surface area contributed by atoms with Gasteiger partial charge in [0, 0.05) is 13.1 Å². The SMILES string of the molecule is CCCC1CNCCOC1. The van der Waals surface area contributed by atoms with E-state index in [0.717, 1.165) is 32.2 Å². The van der Waals surface area contributed by atoms with Gasteiger partial charge in [-0.2, -0.15) is 0 Å². The van der Waals surface area contributed by atoms with Crippen LogP contribution in [0.2, 0.25) is 0 Å². The second-order valence-electron chi connectivity index (χ2n) is 2.93. The van der Waals surface area contributed by atoms with Gasteiger partial charge >= 0.3 is 0 Å². The molecule has 1 fully saturated rings. The Morgan fingerprint density at radius 1 is 1.60 bits per heavy atom. The summed E-state index contributed by atoms with van der Waals surface area (Å²) < 4.78 is 5.40. The first-order valence-electron chi connectivity index (χ1n) is 4.22. The van der Waals surface area contributed by atoms with Gasteiger partial charge in [-0.25, -0.2) is 0 Å². The summed E-state index contributed by atoms with van der Waals surface area (Å²) in [4.78, 5) is 0. The first-order chi connectivity index (χ1) is 4.93. The summed E-state index contributed by atoms with van der Waals surface area (Å²) in [6.45, 7) is 6.25. The molecule has 2 nitrogen and oxygen atoms in total.